The molecular formula is C18H19F3N2O4S. The van der Waals surface area contributed by atoms with E-state index in [2.05, 4.69) is 10.0 Å². The second-order valence-corrected chi connectivity index (χ2v) is 7.40. The van der Waals surface area contributed by atoms with Crippen molar-refractivity contribution in [2.75, 3.05) is 19.7 Å². The number of benzene rings is 2. The molecule has 0 aliphatic heterocycles. The van der Waals surface area contributed by atoms with E-state index in [1.54, 1.807) is 0 Å². The summed E-state index contributed by atoms with van der Waals surface area (Å²) in [5, 5.41) is 2.44. The zero-order valence-corrected chi connectivity index (χ0v) is 15.7. The number of rotatable bonds is 8. The van der Waals surface area contributed by atoms with Crippen LogP contribution < -0.4 is 14.8 Å². The number of sulfonamides is 1. The molecule has 152 valence electrons. The van der Waals surface area contributed by atoms with E-state index in [1.807, 2.05) is 6.92 Å². The topological polar surface area (TPSA) is 84.5 Å². The van der Waals surface area contributed by atoms with Gasteiger partial charge in [0.05, 0.1) is 17.1 Å². The highest BCUT2D eigenvalue weighted by molar-refractivity contribution is 7.89. The molecule has 0 aromatic heterocycles. The molecule has 1 amide bonds. The first-order chi connectivity index (χ1) is 13.1. The number of carbonyl (C=O) groups excluding carboxylic acids is 1. The van der Waals surface area contributed by atoms with Gasteiger partial charge >= 0.3 is 6.18 Å². The number of hydrogen-bond donors (Lipinski definition) is 2. The zero-order chi connectivity index (χ0) is 20.8. The summed E-state index contributed by atoms with van der Waals surface area (Å²) in [5.41, 5.74) is -0.811. The van der Waals surface area contributed by atoms with E-state index in [1.165, 1.54) is 24.3 Å². The summed E-state index contributed by atoms with van der Waals surface area (Å²) >= 11 is 0. The highest BCUT2D eigenvalue weighted by atomic mass is 32.2. The van der Waals surface area contributed by atoms with Crippen molar-refractivity contribution < 1.29 is 31.1 Å². The lowest BCUT2D eigenvalue weighted by Crippen LogP contribution is -2.34. The zero-order valence-electron chi connectivity index (χ0n) is 14.9. The van der Waals surface area contributed by atoms with Crippen LogP contribution in [-0.4, -0.2) is 34.0 Å². The predicted octanol–water partition coefficient (Wildman–Crippen LogP) is 2.81. The fourth-order valence-electron chi connectivity index (χ4n) is 2.24. The molecule has 0 aliphatic carbocycles. The predicted molar refractivity (Wildman–Crippen MR) is 96.6 cm³/mol. The average Bonchev–Trinajstić information content (AvgIpc) is 2.65. The van der Waals surface area contributed by atoms with E-state index in [9.17, 15) is 26.4 Å². The molecule has 2 rings (SSSR count). The Bertz CT molecular complexity index is 896. The SMILES string of the molecule is CCOc1ccc(S(=O)(=O)NCCNC(=O)c2ccc(C(F)(F)F)cc2)cc1. The first-order valence-corrected chi connectivity index (χ1v) is 9.80. The first kappa shape index (κ1) is 21.7. The Hall–Kier alpha value is -2.59. The minimum absolute atomic E-state index is 0.0316. The Morgan fingerprint density at radius 3 is 2.14 bits per heavy atom. The van der Waals surface area contributed by atoms with E-state index in [-0.39, 0.29) is 23.5 Å². The number of hydrogen-bond acceptors (Lipinski definition) is 4. The Kier molecular flexibility index (Phi) is 7.03. The smallest absolute Gasteiger partial charge is 0.416 e. The van der Waals surface area contributed by atoms with Gasteiger partial charge in [0.2, 0.25) is 10.0 Å². The van der Waals surface area contributed by atoms with Crippen LogP contribution in [0.3, 0.4) is 0 Å². The maximum Gasteiger partial charge on any atom is 0.416 e. The molecule has 0 heterocycles. The molecule has 28 heavy (non-hydrogen) atoms. The van der Waals surface area contributed by atoms with Crippen LogP contribution in [0.2, 0.25) is 0 Å². The van der Waals surface area contributed by atoms with Gasteiger partial charge in [0.25, 0.3) is 5.91 Å². The van der Waals surface area contributed by atoms with Crippen molar-refractivity contribution in [3.05, 3.63) is 59.7 Å². The summed E-state index contributed by atoms with van der Waals surface area (Å²) in [6.45, 7) is 2.16. The van der Waals surface area contributed by atoms with Crippen molar-refractivity contribution in [3.8, 4) is 5.75 Å². The molecule has 6 nitrogen and oxygen atoms in total. The van der Waals surface area contributed by atoms with Crippen LogP contribution in [0.15, 0.2) is 53.4 Å². The molecule has 10 heteroatoms. The third-order valence-electron chi connectivity index (χ3n) is 3.62. The monoisotopic (exact) mass is 416 g/mol. The van der Waals surface area contributed by atoms with Crippen molar-refractivity contribution in [1.29, 1.82) is 0 Å². The van der Waals surface area contributed by atoms with E-state index >= 15 is 0 Å². The molecule has 2 aromatic carbocycles. The van der Waals surface area contributed by atoms with Crippen LogP contribution in [0.1, 0.15) is 22.8 Å². The minimum Gasteiger partial charge on any atom is -0.494 e. The van der Waals surface area contributed by atoms with Gasteiger partial charge in [-0.2, -0.15) is 13.2 Å². The number of halogens is 3. The summed E-state index contributed by atoms with van der Waals surface area (Å²) in [7, 11) is -3.76. The second-order valence-electron chi connectivity index (χ2n) is 5.63. The summed E-state index contributed by atoms with van der Waals surface area (Å²) in [6, 6.07) is 9.59. The first-order valence-electron chi connectivity index (χ1n) is 8.31. The van der Waals surface area contributed by atoms with Crippen molar-refractivity contribution in [2.45, 2.75) is 18.0 Å². The second kappa shape index (κ2) is 9.07. The number of alkyl halides is 3. The number of ether oxygens (including phenoxy) is 1. The highest BCUT2D eigenvalue weighted by Crippen LogP contribution is 2.29. The molecule has 0 atom stereocenters. The molecular weight excluding hydrogens is 397 g/mol. The summed E-state index contributed by atoms with van der Waals surface area (Å²) < 4.78 is 69.5. The normalized spacial score (nSPS) is 11.9. The van der Waals surface area contributed by atoms with Gasteiger partial charge in [0.15, 0.2) is 0 Å². The van der Waals surface area contributed by atoms with Crippen molar-refractivity contribution >= 4 is 15.9 Å². The Labute approximate surface area is 160 Å². The maximum atomic E-state index is 12.5. The van der Waals surface area contributed by atoms with Crippen LogP contribution in [-0.2, 0) is 16.2 Å². The number of carbonyl (C=O) groups is 1. The molecule has 0 saturated carbocycles. The fourth-order valence-corrected chi connectivity index (χ4v) is 3.27. The third-order valence-corrected chi connectivity index (χ3v) is 5.10. The Balaban J connectivity index is 1.85. The molecule has 0 aliphatic rings. The molecule has 0 saturated heterocycles. The highest BCUT2D eigenvalue weighted by Gasteiger charge is 2.30. The molecule has 0 fully saturated rings. The lowest BCUT2D eigenvalue weighted by molar-refractivity contribution is -0.137. The number of nitrogens with one attached hydrogen (secondary N) is 2. The Morgan fingerprint density at radius 2 is 1.61 bits per heavy atom. The molecule has 0 bridgehead atoms. The van der Waals surface area contributed by atoms with E-state index in [0.717, 1.165) is 24.3 Å². The van der Waals surface area contributed by atoms with Gasteiger partial charge in [-0.15, -0.1) is 0 Å². The molecule has 2 N–H and O–H groups in total. The van der Waals surface area contributed by atoms with Crippen LogP contribution in [0, 0.1) is 0 Å². The van der Waals surface area contributed by atoms with E-state index < -0.39 is 27.7 Å². The largest absolute Gasteiger partial charge is 0.494 e. The molecule has 0 unspecified atom stereocenters. The van der Waals surface area contributed by atoms with Crippen LogP contribution >= 0.6 is 0 Å². The molecule has 0 radical (unpaired) electrons. The third kappa shape index (κ3) is 5.96. The standard InChI is InChI=1S/C18H19F3N2O4S/c1-2-27-15-7-9-16(10-8-15)28(25,26)23-12-11-22-17(24)13-3-5-14(6-4-13)18(19,20)21/h3-10,23H,2,11-12H2,1H3,(H,22,24). The summed E-state index contributed by atoms with van der Waals surface area (Å²) in [6.07, 6.45) is -4.48. The van der Waals surface area contributed by atoms with Crippen molar-refractivity contribution in [1.82, 2.24) is 10.0 Å². The maximum absolute atomic E-state index is 12.5. The van der Waals surface area contributed by atoms with E-state index in [4.69, 9.17) is 4.74 Å². The summed E-state index contributed by atoms with van der Waals surface area (Å²) in [4.78, 5) is 12.0. The van der Waals surface area contributed by atoms with Gasteiger partial charge in [-0.1, -0.05) is 0 Å². The quantitative estimate of drug-likeness (QED) is 0.648. The van der Waals surface area contributed by atoms with Gasteiger partial charge in [-0.3, -0.25) is 4.79 Å². The van der Waals surface area contributed by atoms with Gasteiger partial charge in [-0.05, 0) is 55.5 Å². The number of amides is 1. The van der Waals surface area contributed by atoms with Crippen molar-refractivity contribution in [3.63, 3.8) is 0 Å². The fraction of sp³-hybridized carbons (Fsp3) is 0.278. The van der Waals surface area contributed by atoms with Crippen molar-refractivity contribution in [2.24, 2.45) is 0 Å². The van der Waals surface area contributed by atoms with Crippen LogP contribution in [0.5, 0.6) is 5.75 Å². The van der Waals surface area contributed by atoms with Gasteiger partial charge in [-0.25, -0.2) is 13.1 Å². The summed E-state index contributed by atoms with van der Waals surface area (Å²) in [5.74, 6) is -0.0563. The van der Waals surface area contributed by atoms with E-state index in [0.29, 0.717) is 12.4 Å². The molecule has 0 spiro atoms. The lowest BCUT2D eigenvalue weighted by Gasteiger charge is -2.10. The van der Waals surface area contributed by atoms with Gasteiger partial charge in [0, 0.05) is 18.7 Å². The Morgan fingerprint density at radius 1 is 1.00 bits per heavy atom. The van der Waals surface area contributed by atoms with Gasteiger partial charge in [0.1, 0.15) is 5.75 Å². The lowest BCUT2D eigenvalue weighted by atomic mass is 10.1. The molecule has 2 aromatic rings. The minimum atomic E-state index is -4.48. The average molecular weight is 416 g/mol. The van der Waals surface area contributed by atoms with Gasteiger partial charge < -0.3 is 10.1 Å². The van der Waals surface area contributed by atoms with Crippen LogP contribution in [0.4, 0.5) is 13.2 Å². The van der Waals surface area contributed by atoms with Crippen LogP contribution in [0.25, 0.3) is 0 Å².